The van der Waals surface area contributed by atoms with Gasteiger partial charge in [-0.1, -0.05) is 36.6 Å². The van der Waals surface area contributed by atoms with Crippen molar-refractivity contribution < 1.29 is 19.1 Å². The summed E-state index contributed by atoms with van der Waals surface area (Å²) in [5.41, 5.74) is 5.09. The Labute approximate surface area is 195 Å². The summed E-state index contributed by atoms with van der Waals surface area (Å²) in [4.78, 5) is 27.4. The zero-order valence-corrected chi connectivity index (χ0v) is 19.7. The molecule has 2 aromatic carbocycles. The van der Waals surface area contributed by atoms with Crippen LogP contribution in [0.3, 0.4) is 0 Å². The smallest absolute Gasteiger partial charge is 0.243 e. The second kappa shape index (κ2) is 10.3. The van der Waals surface area contributed by atoms with Crippen LogP contribution in [0.15, 0.2) is 30.3 Å². The number of anilines is 1. The van der Waals surface area contributed by atoms with Crippen LogP contribution in [0.4, 0.5) is 5.69 Å². The highest BCUT2D eigenvalue weighted by atomic mass is 16.7. The van der Waals surface area contributed by atoms with E-state index >= 15 is 0 Å². The minimum atomic E-state index is -0.221. The van der Waals surface area contributed by atoms with E-state index in [2.05, 4.69) is 15.5 Å². The fourth-order valence-corrected chi connectivity index (χ4v) is 4.84. The fraction of sp³-hybridized carbons (Fsp3) is 0.462. The summed E-state index contributed by atoms with van der Waals surface area (Å²) < 4.78 is 10.9. The van der Waals surface area contributed by atoms with Gasteiger partial charge < -0.3 is 20.1 Å². The van der Waals surface area contributed by atoms with Gasteiger partial charge in [0.05, 0.1) is 13.1 Å². The molecule has 0 radical (unpaired) electrons. The van der Waals surface area contributed by atoms with Gasteiger partial charge in [-0.15, -0.1) is 0 Å². The molecule has 0 bridgehead atoms. The van der Waals surface area contributed by atoms with E-state index in [4.69, 9.17) is 9.47 Å². The number of aryl methyl sites for hydroxylation is 3. The summed E-state index contributed by atoms with van der Waals surface area (Å²) in [6.45, 7) is 7.10. The van der Waals surface area contributed by atoms with Crippen molar-refractivity contribution in [2.45, 2.75) is 59.0 Å². The molecular formula is C26H33N3O4. The average Bonchev–Trinajstić information content (AvgIpc) is 3.46. The summed E-state index contributed by atoms with van der Waals surface area (Å²) >= 11 is 0. The van der Waals surface area contributed by atoms with E-state index in [0.29, 0.717) is 12.6 Å². The number of carbonyl (C=O) groups excluding carboxylic acids is 2. The lowest BCUT2D eigenvalue weighted by molar-refractivity contribution is -0.125. The largest absolute Gasteiger partial charge is 0.454 e. The highest BCUT2D eigenvalue weighted by Gasteiger charge is 2.25. The molecule has 1 saturated carbocycles. The molecule has 2 aliphatic rings. The van der Waals surface area contributed by atoms with E-state index in [9.17, 15) is 9.59 Å². The number of hydrogen-bond acceptors (Lipinski definition) is 5. The molecule has 2 N–H and O–H groups in total. The van der Waals surface area contributed by atoms with Crippen LogP contribution in [0.5, 0.6) is 11.5 Å². The van der Waals surface area contributed by atoms with Crippen LogP contribution in [0.2, 0.25) is 0 Å². The normalized spacial score (nSPS) is 15.2. The van der Waals surface area contributed by atoms with Crippen LogP contribution < -0.4 is 20.1 Å². The Morgan fingerprint density at radius 3 is 2.39 bits per heavy atom. The molecule has 176 valence electrons. The van der Waals surface area contributed by atoms with Gasteiger partial charge in [0, 0.05) is 18.3 Å². The van der Waals surface area contributed by atoms with Crippen molar-refractivity contribution in [2.75, 3.05) is 25.2 Å². The first-order valence-electron chi connectivity index (χ1n) is 11.7. The molecule has 2 aromatic rings. The second-order valence-corrected chi connectivity index (χ2v) is 9.13. The number of hydrogen-bond donors (Lipinski definition) is 2. The number of benzene rings is 2. The number of amides is 2. The molecule has 1 heterocycles. The van der Waals surface area contributed by atoms with Crippen molar-refractivity contribution in [1.29, 1.82) is 0 Å². The topological polar surface area (TPSA) is 79.9 Å². The molecule has 0 aromatic heterocycles. The van der Waals surface area contributed by atoms with E-state index in [0.717, 1.165) is 52.3 Å². The van der Waals surface area contributed by atoms with Gasteiger partial charge in [-0.2, -0.15) is 0 Å². The van der Waals surface area contributed by atoms with Crippen LogP contribution in [-0.2, 0) is 16.1 Å². The van der Waals surface area contributed by atoms with Crippen LogP contribution in [0.25, 0.3) is 0 Å². The molecule has 1 fully saturated rings. The summed E-state index contributed by atoms with van der Waals surface area (Å²) in [6.07, 6.45) is 4.54. The first-order valence-corrected chi connectivity index (χ1v) is 11.7. The molecule has 1 aliphatic carbocycles. The fourth-order valence-electron chi connectivity index (χ4n) is 4.84. The van der Waals surface area contributed by atoms with E-state index in [-0.39, 0.29) is 31.7 Å². The van der Waals surface area contributed by atoms with Crippen molar-refractivity contribution in [2.24, 2.45) is 0 Å². The van der Waals surface area contributed by atoms with Crippen molar-refractivity contribution in [3.63, 3.8) is 0 Å². The van der Waals surface area contributed by atoms with Gasteiger partial charge in [-0.05, 0) is 62.4 Å². The Bertz CT molecular complexity index is 1010. The van der Waals surface area contributed by atoms with Gasteiger partial charge in [-0.3, -0.25) is 14.5 Å². The standard InChI is InChI=1S/C26H33N3O4/c1-17-10-18(2)26(19(3)11-17)28-24(30)13-27-25(31)15-29(21-6-4-5-7-21)14-20-8-9-22-23(12-20)33-16-32-22/h8-12,21H,4-7,13-16H2,1-3H3,(H,27,31)(H,28,30). The zero-order chi connectivity index (χ0) is 23.4. The number of nitrogens with zero attached hydrogens (tertiary/aromatic N) is 1. The molecule has 33 heavy (non-hydrogen) atoms. The summed E-state index contributed by atoms with van der Waals surface area (Å²) in [6, 6.07) is 10.4. The van der Waals surface area contributed by atoms with E-state index < -0.39 is 0 Å². The van der Waals surface area contributed by atoms with Gasteiger partial charge in [0.2, 0.25) is 18.6 Å². The number of ether oxygens (including phenoxy) is 2. The maximum atomic E-state index is 12.7. The molecular weight excluding hydrogens is 418 g/mol. The van der Waals surface area contributed by atoms with Gasteiger partial charge in [0.25, 0.3) is 0 Å². The minimum absolute atomic E-state index is 0.0475. The van der Waals surface area contributed by atoms with Crippen LogP contribution >= 0.6 is 0 Å². The lowest BCUT2D eigenvalue weighted by Crippen LogP contribution is -2.43. The lowest BCUT2D eigenvalue weighted by Gasteiger charge is -2.28. The first kappa shape index (κ1) is 23.1. The monoisotopic (exact) mass is 451 g/mol. The van der Waals surface area contributed by atoms with Crippen molar-refractivity contribution in [3.05, 3.63) is 52.6 Å². The molecule has 4 rings (SSSR count). The van der Waals surface area contributed by atoms with Crippen molar-refractivity contribution >= 4 is 17.5 Å². The Hall–Kier alpha value is -3.06. The summed E-state index contributed by atoms with van der Waals surface area (Å²) in [5, 5.41) is 5.74. The predicted molar refractivity (Wildman–Crippen MR) is 128 cm³/mol. The molecule has 0 unspecified atom stereocenters. The number of rotatable bonds is 8. The molecule has 2 amide bonds. The third-order valence-corrected chi connectivity index (χ3v) is 6.40. The SMILES string of the molecule is Cc1cc(C)c(NC(=O)CNC(=O)CN(Cc2ccc3c(c2)OCO3)C2CCCC2)c(C)c1. The third-order valence-electron chi connectivity index (χ3n) is 6.40. The maximum absolute atomic E-state index is 12.7. The third kappa shape index (κ3) is 5.85. The number of fused-ring (bicyclic) bond motifs is 1. The van der Waals surface area contributed by atoms with E-state index in [1.807, 2.05) is 51.1 Å². The molecule has 7 nitrogen and oxygen atoms in total. The van der Waals surface area contributed by atoms with Crippen molar-refractivity contribution in [3.8, 4) is 11.5 Å². The number of nitrogens with one attached hydrogen (secondary N) is 2. The molecule has 1 aliphatic heterocycles. The quantitative estimate of drug-likeness (QED) is 0.638. The van der Waals surface area contributed by atoms with Crippen molar-refractivity contribution in [1.82, 2.24) is 10.2 Å². The summed E-state index contributed by atoms with van der Waals surface area (Å²) in [5.74, 6) is 1.15. The average molecular weight is 452 g/mol. The van der Waals surface area contributed by atoms with Crippen LogP contribution in [-0.4, -0.2) is 42.6 Å². The minimum Gasteiger partial charge on any atom is -0.454 e. The highest BCUT2D eigenvalue weighted by Crippen LogP contribution is 2.33. The Kier molecular flexibility index (Phi) is 7.18. The zero-order valence-electron chi connectivity index (χ0n) is 19.7. The van der Waals surface area contributed by atoms with Gasteiger partial charge in [0.15, 0.2) is 11.5 Å². The van der Waals surface area contributed by atoms with Crippen LogP contribution in [0.1, 0.15) is 47.9 Å². The molecule has 7 heteroatoms. The predicted octanol–water partition coefficient (Wildman–Crippen LogP) is 3.84. The Morgan fingerprint density at radius 1 is 0.970 bits per heavy atom. The highest BCUT2D eigenvalue weighted by molar-refractivity contribution is 5.96. The molecule has 0 spiro atoms. The Morgan fingerprint density at radius 2 is 1.67 bits per heavy atom. The second-order valence-electron chi connectivity index (χ2n) is 9.13. The van der Waals surface area contributed by atoms with Gasteiger partial charge >= 0.3 is 0 Å². The van der Waals surface area contributed by atoms with E-state index in [1.165, 1.54) is 12.8 Å². The summed E-state index contributed by atoms with van der Waals surface area (Å²) in [7, 11) is 0. The first-order chi connectivity index (χ1) is 15.9. The molecule has 0 atom stereocenters. The number of carbonyl (C=O) groups is 2. The maximum Gasteiger partial charge on any atom is 0.243 e. The van der Waals surface area contributed by atoms with Crippen LogP contribution in [0, 0.1) is 20.8 Å². The Balaban J connectivity index is 1.33. The molecule has 0 saturated heterocycles. The van der Waals surface area contributed by atoms with E-state index in [1.54, 1.807) is 0 Å². The van der Waals surface area contributed by atoms with Gasteiger partial charge in [-0.25, -0.2) is 0 Å². The lowest BCUT2D eigenvalue weighted by atomic mass is 10.1. The van der Waals surface area contributed by atoms with Gasteiger partial charge in [0.1, 0.15) is 0 Å².